The third kappa shape index (κ3) is 2.55. The Morgan fingerprint density at radius 2 is 2.17 bits per heavy atom. The van der Waals surface area contributed by atoms with Crippen LogP contribution in [0.5, 0.6) is 0 Å². The van der Waals surface area contributed by atoms with E-state index in [0.29, 0.717) is 18.1 Å². The van der Waals surface area contributed by atoms with Crippen LogP contribution in [0.4, 0.5) is 11.5 Å². The van der Waals surface area contributed by atoms with Gasteiger partial charge in [-0.1, -0.05) is 6.07 Å². The zero-order chi connectivity index (χ0) is 13.0. The van der Waals surface area contributed by atoms with Gasteiger partial charge in [-0.3, -0.25) is 4.98 Å². The van der Waals surface area contributed by atoms with Gasteiger partial charge in [-0.15, -0.1) is 0 Å². The number of rotatable bonds is 3. The van der Waals surface area contributed by atoms with E-state index in [1.54, 1.807) is 18.3 Å². The van der Waals surface area contributed by atoms with Crippen LogP contribution in [-0.4, -0.2) is 17.0 Å². The average molecular weight is 239 g/mol. The number of nitrogens with zero attached hydrogens (tertiary/aromatic N) is 4. The molecule has 0 saturated heterocycles. The number of pyridine rings is 2. The van der Waals surface area contributed by atoms with Crippen molar-refractivity contribution in [3.63, 3.8) is 0 Å². The molecule has 2 N–H and O–H groups in total. The van der Waals surface area contributed by atoms with Crippen molar-refractivity contribution >= 4 is 11.5 Å². The maximum Gasteiger partial charge on any atom is 0.165 e. The van der Waals surface area contributed by atoms with E-state index in [0.717, 1.165) is 5.69 Å². The molecule has 0 aliphatic rings. The minimum atomic E-state index is 0.250. The molecule has 2 aromatic heterocycles. The molecule has 5 heteroatoms. The van der Waals surface area contributed by atoms with Crippen molar-refractivity contribution in [2.45, 2.75) is 6.54 Å². The molecule has 0 aliphatic carbocycles. The molecule has 5 nitrogen and oxygen atoms in total. The molecule has 2 heterocycles. The molecule has 0 aliphatic heterocycles. The summed E-state index contributed by atoms with van der Waals surface area (Å²) in [6, 6.07) is 11.2. The van der Waals surface area contributed by atoms with Gasteiger partial charge in [0.05, 0.1) is 17.9 Å². The SMILES string of the molecule is CN(Cc1ccccn1)c1ccc(N)c(C#N)n1. The molecule has 0 unspecified atom stereocenters. The fraction of sp³-hybridized carbons (Fsp3) is 0.154. The van der Waals surface area contributed by atoms with Gasteiger partial charge in [0.1, 0.15) is 11.9 Å². The van der Waals surface area contributed by atoms with Crippen molar-refractivity contribution in [2.24, 2.45) is 0 Å². The van der Waals surface area contributed by atoms with Crippen LogP contribution in [0, 0.1) is 11.3 Å². The number of hydrogen-bond acceptors (Lipinski definition) is 5. The van der Waals surface area contributed by atoms with Gasteiger partial charge in [0.25, 0.3) is 0 Å². The standard InChI is InChI=1S/C13H13N5/c1-18(9-10-4-2-3-7-16-10)13-6-5-11(15)12(8-14)17-13/h2-7H,9,15H2,1H3. The minimum Gasteiger partial charge on any atom is -0.396 e. The highest BCUT2D eigenvalue weighted by Crippen LogP contribution is 2.16. The normalized spacial score (nSPS) is 9.78. The van der Waals surface area contributed by atoms with Gasteiger partial charge in [0, 0.05) is 13.2 Å². The molecular weight excluding hydrogens is 226 g/mol. The minimum absolute atomic E-state index is 0.250. The third-order valence-corrected chi connectivity index (χ3v) is 2.53. The average Bonchev–Trinajstić information content (AvgIpc) is 2.40. The van der Waals surface area contributed by atoms with Gasteiger partial charge in [-0.2, -0.15) is 5.26 Å². The molecule has 0 radical (unpaired) electrons. The fourth-order valence-corrected chi connectivity index (χ4v) is 1.58. The zero-order valence-electron chi connectivity index (χ0n) is 10.0. The summed E-state index contributed by atoms with van der Waals surface area (Å²) >= 11 is 0. The Hall–Kier alpha value is -2.61. The molecule has 2 aromatic rings. The van der Waals surface area contributed by atoms with Crippen LogP contribution >= 0.6 is 0 Å². The third-order valence-electron chi connectivity index (χ3n) is 2.53. The molecular formula is C13H13N5. The second-order valence-corrected chi connectivity index (χ2v) is 3.90. The van der Waals surface area contributed by atoms with E-state index in [1.165, 1.54) is 0 Å². The largest absolute Gasteiger partial charge is 0.396 e. The van der Waals surface area contributed by atoms with Crippen LogP contribution in [0.25, 0.3) is 0 Å². The lowest BCUT2D eigenvalue weighted by atomic mass is 10.3. The molecule has 18 heavy (non-hydrogen) atoms. The summed E-state index contributed by atoms with van der Waals surface area (Å²) in [6.45, 7) is 0.628. The highest BCUT2D eigenvalue weighted by molar-refractivity contribution is 5.55. The maximum absolute atomic E-state index is 8.89. The van der Waals surface area contributed by atoms with Gasteiger partial charge in [0.15, 0.2) is 5.69 Å². The lowest BCUT2D eigenvalue weighted by Crippen LogP contribution is -2.18. The van der Waals surface area contributed by atoms with Crippen LogP contribution < -0.4 is 10.6 Å². The number of hydrogen-bond donors (Lipinski definition) is 1. The van der Waals surface area contributed by atoms with Crippen molar-refractivity contribution in [1.82, 2.24) is 9.97 Å². The Balaban J connectivity index is 2.19. The second kappa shape index (κ2) is 5.15. The first-order valence-corrected chi connectivity index (χ1v) is 5.48. The summed E-state index contributed by atoms with van der Waals surface area (Å²) in [5.41, 5.74) is 7.22. The predicted molar refractivity (Wildman–Crippen MR) is 69.7 cm³/mol. The van der Waals surface area contributed by atoms with Crippen LogP contribution in [0.2, 0.25) is 0 Å². The first-order chi connectivity index (χ1) is 8.70. The Kier molecular flexibility index (Phi) is 3.39. The van der Waals surface area contributed by atoms with Gasteiger partial charge in [-0.25, -0.2) is 4.98 Å². The van der Waals surface area contributed by atoms with E-state index < -0.39 is 0 Å². The first kappa shape index (κ1) is 11.9. The summed E-state index contributed by atoms with van der Waals surface area (Å²) in [7, 11) is 1.90. The molecule has 0 spiro atoms. The molecule has 0 fully saturated rings. The Labute approximate surface area is 106 Å². The van der Waals surface area contributed by atoms with E-state index in [1.807, 2.05) is 36.2 Å². The monoisotopic (exact) mass is 239 g/mol. The topological polar surface area (TPSA) is 78.8 Å². The number of aromatic nitrogens is 2. The quantitative estimate of drug-likeness (QED) is 0.879. The van der Waals surface area contributed by atoms with Crippen molar-refractivity contribution < 1.29 is 0 Å². The second-order valence-electron chi connectivity index (χ2n) is 3.90. The molecule has 90 valence electrons. The summed E-state index contributed by atoms with van der Waals surface area (Å²) < 4.78 is 0. The summed E-state index contributed by atoms with van der Waals surface area (Å²) in [5, 5.41) is 8.89. The molecule has 0 aromatic carbocycles. The lowest BCUT2D eigenvalue weighted by Gasteiger charge is -2.17. The lowest BCUT2D eigenvalue weighted by molar-refractivity contribution is 0.865. The van der Waals surface area contributed by atoms with Crippen LogP contribution in [-0.2, 0) is 6.54 Å². The van der Waals surface area contributed by atoms with Crippen molar-refractivity contribution in [3.05, 3.63) is 47.9 Å². The van der Waals surface area contributed by atoms with Crippen molar-refractivity contribution in [2.75, 3.05) is 17.7 Å². The smallest absolute Gasteiger partial charge is 0.165 e. The van der Waals surface area contributed by atoms with Crippen molar-refractivity contribution in [1.29, 1.82) is 5.26 Å². The van der Waals surface area contributed by atoms with Gasteiger partial charge < -0.3 is 10.6 Å². The number of nitriles is 1. The number of anilines is 2. The van der Waals surface area contributed by atoms with Gasteiger partial charge in [-0.05, 0) is 24.3 Å². The van der Waals surface area contributed by atoms with Gasteiger partial charge >= 0.3 is 0 Å². The molecule has 0 saturated carbocycles. The fourth-order valence-electron chi connectivity index (χ4n) is 1.58. The van der Waals surface area contributed by atoms with Crippen LogP contribution in [0.15, 0.2) is 36.5 Å². The van der Waals surface area contributed by atoms with Crippen molar-refractivity contribution in [3.8, 4) is 6.07 Å². The predicted octanol–water partition coefficient (Wildman–Crippen LogP) is 1.57. The van der Waals surface area contributed by atoms with E-state index in [4.69, 9.17) is 11.0 Å². The molecule has 0 amide bonds. The number of nitrogen functional groups attached to an aromatic ring is 1. The van der Waals surface area contributed by atoms with Crippen LogP contribution in [0.1, 0.15) is 11.4 Å². The summed E-state index contributed by atoms with van der Waals surface area (Å²) in [4.78, 5) is 10.4. The highest BCUT2D eigenvalue weighted by atomic mass is 15.2. The molecule has 0 atom stereocenters. The van der Waals surface area contributed by atoms with E-state index >= 15 is 0 Å². The first-order valence-electron chi connectivity index (χ1n) is 5.48. The molecule has 2 rings (SSSR count). The van der Waals surface area contributed by atoms with Gasteiger partial charge in [0.2, 0.25) is 0 Å². The molecule has 0 bridgehead atoms. The highest BCUT2D eigenvalue weighted by Gasteiger charge is 2.07. The van der Waals surface area contributed by atoms with E-state index in [9.17, 15) is 0 Å². The Morgan fingerprint density at radius 1 is 1.33 bits per heavy atom. The van der Waals surface area contributed by atoms with E-state index in [-0.39, 0.29) is 5.69 Å². The van der Waals surface area contributed by atoms with E-state index in [2.05, 4.69) is 9.97 Å². The summed E-state index contributed by atoms with van der Waals surface area (Å²) in [6.07, 6.45) is 1.75. The van der Waals surface area contributed by atoms with Crippen LogP contribution in [0.3, 0.4) is 0 Å². The number of nitrogens with two attached hydrogens (primary N) is 1. The maximum atomic E-state index is 8.89. The summed E-state index contributed by atoms with van der Waals surface area (Å²) in [5.74, 6) is 0.700. The Bertz CT molecular complexity index is 574. The zero-order valence-corrected chi connectivity index (χ0v) is 10.0. The Morgan fingerprint density at radius 3 is 2.83 bits per heavy atom.